The van der Waals surface area contributed by atoms with Crippen LogP contribution in [0.3, 0.4) is 0 Å². The molecule has 0 saturated carbocycles. The first-order chi connectivity index (χ1) is 9.98. The number of carbonyl (C=O) groups excluding carboxylic acids is 1. The minimum absolute atomic E-state index is 0.00115. The molecule has 0 spiro atoms. The van der Waals surface area contributed by atoms with E-state index in [9.17, 15) is 14.7 Å². The van der Waals surface area contributed by atoms with Gasteiger partial charge in [-0.05, 0) is 33.6 Å². The van der Waals surface area contributed by atoms with Crippen molar-refractivity contribution < 1.29 is 24.5 Å². The highest BCUT2D eigenvalue weighted by atomic mass is 16.6. The van der Waals surface area contributed by atoms with Crippen molar-refractivity contribution in [2.24, 2.45) is 5.92 Å². The third kappa shape index (κ3) is 5.14. The lowest BCUT2D eigenvalue weighted by molar-refractivity contribution is -0.141. The Kier molecular flexibility index (Phi) is 5.81. The molecule has 0 radical (unpaired) electrons. The fraction of sp³-hybridized carbons (Fsp3) is 0.867. The number of hydrogen-bond acceptors (Lipinski definition) is 5. The van der Waals surface area contributed by atoms with Crippen molar-refractivity contribution in [3.8, 4) is 0 Å². The van der Waals surface area contributed by atoms with Crippen LogP contribution >= 0.6 is 0 Å². The molecular weight excluding hydrogens is 288 g/mol. The van der Waals surface area contributed by atoms with Crippen LogP contribution in [0.4, 0.5) is 4.79 Å². The number of carboxylic acid groups (broad SMARTS) is 1. The lowest BCUT2D eigenvalue weighted by Gasteiger charge is -2.51. The Morgan fingerprint density at radius 1 is 1.32 bits per heavy atom. The number of aliphatic hydroxyl groups excluding tert-OH is 1. The van der Waals surface area contributed by atoms with Crippen LogP contribution in [-0.4, -0.2) is 64.1 Å². The Balaban J connectivity index is 2.67. The number of hydrogen-bond donors (Lipinski definition) is 3. The van der Waals surface area contributed by atoms with E-state index in [0.29, 0.717) is 0 Å². The normalized spacial score (nSPS) is 20.0. The largest absolute Gasteiger partial charge is 0.481 e. The number of aliphatic hydroxyl groups is 1. The van der Waals surface area contributed by atoms with E-state index in [1.165, 1.54) is 4.90 Å². The van der Waals surface area contributed by atoms with Crippen molar-refractivity contribution in [3.05, 3.63) is 0 Å². The zero-order valence-electron chi connectivity index (χ0n) is 14.0. The Morgan fingerprint density at radius 2 is 1.86 bits per heavy atom. The number of carbonyl (C=O) groups is 2. The second-order valence-electron chi connectivity index (χ2n) is 7.28. The maximum absolute atomic E-state index is 12.0. The van der Waals surface area contributed by atoms with Crippen LogP contribution in [0.25, 0.3) is 0 Å². The van der Waals surface area contributed by atoms with E-state index in [4.69, 9.17) is 9.84 Å². The fourth-order valence-electron chi connectivity index (χ4n) is 2.47. The molecule has 0 aromatic rings. The molecule has 7 nitrogen and oxygen atoms in total. The monoisotopic (exact) mass is 316 g/mol. The van der Waals surface area contributed by atoms with Crippen molar-refractivity contribution in [1.82, 2.24) is 10.2 Å². The Bertz CT molecular complexity index is 413. The van der Waals surface area contributed by atoms with Crippen molar-refractivity contribution >= 4 is 12.1 Å². The van der Waals surface area contributed by atoms with Gasteiger partial charge in [-0.2, -0.15) is 0 Å². The summed E-state index contributed by atoms with van der Waals surface area (Å²) in [4.78, 5) is 24.6. The van der Waals surface area contributed by atoms with Crippen LogP contribution in [0.5, 0.6) is 0 Å². The van der Waals surface area contributed by atoms with Crippen LogP contribution in [0.2, 0.25) is 0 Å². The third-order valence-electron chi connectivity index (χ3n) is 3.80. The Hall–Kier alpha value is -1.34. The van der Waals surface area contributed by atoms with Gasteiger partial charge in [-0.1, -0.05) is 6.92 Å². The van der Waals surface area contributed by atoms with Gasteiger partial charge in [0.05, 0.1) is 12.0 Å². The van der Waals surface area contributed by atoms with Crippen LogP contribution < -0.4 is 5.32 Å². The first-order valence-corrected chi connectivity index (χ1v) is 7.56. The highest BCUT2D eigenvalue weighted by Crippen LogP contribution is 2.28. The van der Waals surface area contributed by atoms with Gasteiger partial charge in [-0.15, -0.1) is 0 Å². The van der Waals surface area contributed by atoms with E-state index in [1.807, 2.05) is 13.8 Å². The Morgan fingerprint density at radius 3 is 2.27 bits per heavy atom. The maximum Gasteiger partial charge on any atom is 0.410 e. The summed E-state index contributed by atoms with van der Waals surface area (Å²) in [6.07, 6.45) is -0.507. The zero-order chi connectivity index (χ0) is 17.1. The van der Waals surface area contributed by atoms with E-state index >= 15 is 0 Å². The molecule has 0 aromatic heterocycles. The quantitative estimate of drug-likeness (QED) is 0.677. The van der Waals surface area contributed by atoms with E-state index in [-0.39, 0.29) is 38.1 Å². The molecule has 2 atom stereocenters. The van der Waals surface area contributed by atoms with Crippen molar-refractivity contribution in [3.63, 3.8) is 0 Å². The topological polar surface area (TPSA) is 99.1 Å². The predicted molar refractivity (Wildman–Crippen MR) is 81.6 cm³/mol. The van der Waals surface area contributed by atoms with E-state index in [2.05, 4.69) is 5.32 Å². The number of nitrogens with zero attached hydrogens (tertiary/aromatic N) is 1. The first-order valence-electron chi connectivity index (χ1n) is 7.56. The molecule has 1 heterocycles. The van der Waals surface area contributed by atoms with Crippen molar-refractivity contribution in [1.29, 1.82) is 0 Å². The molecule has 22 heavy (non-hydrogen) atoms. The predicted octanol–water partition coefficient (Wildman–Crippen LogP) is 1.06. The summed E-state index contributed by atoms with van der Waals surface area (Å²) in [6, 6.07) is -0.0508. The molecule has 2 unspecified atom stereocenters. The number of rotatable bonds is 6. The molecule has 1 rings (SSSR count). The zero-order valence-corrected chi connectivity index (χ0v) is 14.0. The molecule has 7 heteroatoms. The lowest BCUT2D eigenvalue weighted by atomic mass is 9.84. The van der Waals surface area contributed by atoms with Crippen LogP contribution in [0.1, 0.15) is 41.0 Å². The van der Waals surface area contributed by atoms with Gasteiger partial charge >= 0.3 is 12.1 Å². The number of amides is 1. The van der Waals surface area contributed by atoms with Crippen LogP contribution in [0.15, 0.2) is 0 Å². The van der Waals surface area contributed by atoms with Gasteiger partial charge in [0, 0.05) is 25.7 Å². The molecule has 0 aromatic carbocycles. The molecule has 1 amide bonds. The number of carboxylic acids is 1. The molecule has 128 valence electrons. The molecule has 1 saturated heterocycles. The van der Waals surface area contributed by atoms with Gasteiger partial charge < -0.3 is 25.2 Å². The first kappa shape index (κ1) is 18.7. The minimum atomic E-state index is -0.916. The fourth-order valence-corrected chi connectivity index (χ4v) is 2.47. The van der Waals surface area contributed by atoms with E-state index in [0.717, 1.165) is 0 Å². The van der Waals surface area contributed by atoms with Gasteiger partial charge in [0.15, 0.2) is 0 Å². The number of ether oxygens (including phenoxy) is 1. The standard InChI is InChI=1S/C15H28N2O5/c1-10(7-18)11(2)16-15(6-12(19)20)8-17(9-15)13(21)22-14(3,4)5/h10-11,16,18H,6-9H2,1-5H3,(H,19,20). The summed E-state index contributed by atoms with van der Waals surface area (Å²) >= 11 is 0. The van der Waals surface area contributed by atoms with Gasteiger partial charge in [0.1, 0.15) is 5.60 Å². The second-order valence-corrected chi connectivity index (χ2v) is 7.28. The third-order valence-corrected chi connectivity index (χ3v) is 3.80. The smallest absolute Gasteiger partial charge is 0.410 e. The summed E-state index contributed by atoms with van der Waals surface area (Å²) in [5.41, 5.74) is -1.24. The highest BCUT2D eigenvalue weighted by Gasteiger charge is 2.48. The number of likely N-dealkylation sites (tertiary alicyclic amines) is 1. The van der Waals surface area contributed by atoms with E-state index < -0.39 is 23.2 Å². The van der Waals surface area contributed by atoms with Crippen molar-refractivity contribution in [2.75, 3.05) is 19.7 Å². The Labute approximate surface area is 131 Å². The van der Waals surface area contributed by atoms with Gasteiger partial charge in [-0.3, -0.25) is 4.79 Å². The molecule has 0 aliphatic carbocycles. The van der Waals surface area contributed by atoms with Crippen molar-refractivity contribution in [2.45, 2.75) is 58.2 Å². The summed E-state index contributed by atoms with van der Waals surface area (Å²) in [6.45, 7) is 9.76. The van der Waals surface area contributed by atoms with Crippen LogP contribution in [0, 0.1) is 5.92 Å². The molecule has 1 fully saturated rings. The summed E-state index contributed by atoms with van der Waals surface area (Å²) in [5, 5.41) is 21.6. The average molecular weight is 316 g/mol. The van der Waals surface area contributed by atoms with Crippen LogP contribution in [-0.2, 0) is 9.53 Å². The molecule has 1 aliphatic heterocycles. The molecular formula is C15H28N2O5. The van der Waals surface area contributed by atoms with E-state index in [1.54, 1.807) is 20.8 Å². The molecule has 3 N–H and O–H groups in total. The number of nitrogens with one attached hydrogen (secondary N) is 1. The maximum atomic E-state index is 12.0. The summed E-state index contributed by atoms with van der Waals surface area (Å²) in [5.74, 6) is -0.915. The van der Waals surface area contributed by atoms with Gasteiger partial charge in [0.25, 0.3) is 0 Å². The summed E-state index contributed by atoms with van der Waals surface area (Å²) in [7, 11) is 0. The molecule has 1 aliphatic rings. The van der Waals surface area contributed by atoms with Gasteiger partial charge in [-0.25, -0.2) is 4.79 Å². The molecule has 0 bridgehead atoms. The second kappa shape index (κ2) is 6.83. The summed E-state index contributed by atoms with van der Waals surface area (Å²) < 4.78 is 5.29. The SMILES string of the molecule is CC(CO)C(C)NC1(CC(=O)O)CN(C(=O)OC(C)(C)C)C1. The van der Waals surface area contributed by atoms with Gasteiger partial charge in [0.2, 0.25) is 0 Å². The average Bonchev–Trinajstić information content (AvgIpc) is 2.30. The minimum Gasteiger partial charge on any atom is -0.481 e. The number of aliphatic carboxylic acids is 1. The highest BCUT2D eigenvalue weighted by molar-refractivity contribution is 5.73. The lowest BCUT2D eigenvalue weighted by Crippen LogP contribution is -2.73.